The van der Waals surface area contributed by atoms with Crippen molar-refractivity contribution in [2.24, 2.45) is 0 Å². The Morgan fingerprint density at radius 3 is 2.35 bits per heavy atom. The van der Waals surface area contributed by atoms with Crippen molar-refractivity contribution in [2.75, 3.05) is 0 Å². The topological polar surface area (TPSA) is 83.5 Å². The van der Waals surface area contributed by atoms with Crippen LogP contribution in [0.1, 0.15) is 25.3 Å². The molecule has 0 radical (unpaired) electrons. The molecule has 1 unspecified atom stereocenters. The maximum Gasteiger partial charge on any atom is 0.326 e. The number of benzene rings is 1. The number of hydrogen-bond donors (Lipinski definition) is 2. The first-order chi connectivity index (χ1) is 9.42. The summed E-state index contributed by atoms with van der Waals surface area (Å²) in [6, 6.07) is 5.50. The molecule has 0 spiro atoms. The van der Waals surface area contributed by atoms with E-state index in [1.54, 1.807) is 31.2 Å². The molecule has 0 aliphatic rings. The van der Waals surface area contributed by atoms with Gasteiger partial charge in [-0.15, -0.1) is 0 Å². The predicted octanol–water partition coefficient (Wildman–Crippen LogP) is 1.82. The first-order valence-corrected chi connectivity index (χ1v) is 6.58. The van der Waals surface area contributed by atoms with Gasteiger partial charge in [0.25, 0.3) is 0 Å². The second-order valence-electron chi connectivity index (χ2n) is 4.36. The molecule has 1 amide bonds. The van der Waals surface area contributed by atoms with Gasteiger partial charge in [0.1, 0.15) is 11.8 Å². The summed E-state index contributed by atoms with van der Waals surface area (Å²) in [5.74, 6) is -1.86. The monoisotopic (exact) mass is 297 g/mol. The van der Waals surface area contributed by atoms with E-state index in [1.165, 1.54) is 0 Å². The molecule has 6 heteroatoms. The minimum absolute atomic E-state index is 0.0429. The maximum atomic E-state index is 11.8. The molecule has 0 aliphatic heterocycles. The summed E-state index contributed by atoms with van der Waals surface area (Å²) in [4.78, 5) is 34.0. The molecule has 0 heterocycles. The largest absolute Gasteiger partial charge is 0.480 e. The van der Waals surface area contributed by atoms with Crippen LogP contribution in [0.3, 0.4) is 0 Å². The smallest absolute Gasteiger partial charge is 0.326 e. The molecule has 0 saturated heterocycles. The Balaban J connectivity index is 2.60. The van der Waals surface area contributed by atoms with Crippen LogP contribution in [-0.2, 0) is 20.8 Å². The Hall–Kier alpha value is -1.88. The number of hydrogen-bond acceptors (Lipinski definition) is 3. The third-order valence-electron chi connectivity index (χ3n) is 2.74. The van der Waals surface area contributed by atoms with Crippen LogP contribution in [-0.4, -0.2) is 28.8 Å². The number of halogens is 1. The molecule has 20 heavy (non-hydrogen) atoms. The number of carboxylic acid groups (broad SMARTS) is 1. The number of rotatable bonds is 7. The van der Waals surface area contributed by atoms with Gasteiger partial charge >= 0.3 is 5.97 Å². The van der Waals surface area contributed by atoms with Crippen molar-refractivity contribution < 1.29 is 19.5 Å². The second-order valence-corrected chi connectivity index (χ2v) is 4.79. The van der Waals surface area contributed by atoms with E-state index < -0.39 is 17.9 Å². The fraction of sp³-hybridized carbons (Fsp3) is 0.357. The van der Waals surface area contributed by atoms with Crippen LogP contribution in [0.25, 0.3) is 0 Å². The van der Waals surface area contributed by atoms with E-state index in [-0.39, 0.29) is 25.0 Å². The van der Waals surface area contributed by atoms with E-state index in [4.69, 9.17) is 16.7 Å². The molecule has 108 valence electrons. The normalized spacial score (nSPS) is 11.7. The molecule has 0 fully saturated rings. The summed E-state index contributed by atoms with van der Waals surface area (Å²) < 4.78 is 0. The summed E-state index contributed by atoms with van der Waals surface area (Å²) in [6.45, 7) is 1.65. The van der Waals surface area contributed by atoms with Gasteiger partial charge in [-0.1, -0.05) is 30.7 Å². The van der Waals surface area contributed by atoms with Gasteiger partial charge in [-0.05, 0) is 17.7 Å². The maximum absolute atomic E-state index is 11.8. The highest BCUT2D eigenvalue weighted by Gasteiger charge is 2.22. The van der Waals surface area contributed by atoms with Crippen LogP contribution in [0.5, 0.6) is 0 Å². The molecule has 5 nitrogen and oxygen atoms in total. The number of ketones is 1. The van der Waals surface area contributed by atoms with Crippen LogP contribution in [0.4, 0.5) is 0 Å². The van der Waals surface area contributed by atoms with Crippen LogP contribution in [0.15, 0.2) is 24.3 Å². The minimum atomic E-state index is -1.21. The van der Waals surface area contributed by atoms with Crippen molar-refractivity contribution in [1.82, 2.24) is 5.32 Å². The average molecular weight is 298 g/mol. The van der Waals surface area contributed by atoms with Crippen LogP contribution in [0, 0.1) is 0 Å². The zero-order chi connectivity index (χ0) is 15.1. The lowest BCUT2D eigenvalue weighted by atomic mass is 10.1. The van der Waals surface area contributed by atoms with Gasteiger partial charge in [0.2, 0.25) is 5.91 Å². The fourth-order valence-corrected chi connectivity index (χ4v) is 1.73. The van der Waals surface area contributed by atoms with Crippen molar-refractivity contribution >= 4 is 29.3 Å². The van der Waals surface area contributed by atoms with Crippen molar-refractivity contribution in [1.29, 1.82) is 0 Å². The molecule has 1 rings (SSSR count). The number of amides is 1. The van der Waals surface area contributed by atoms with Gasteiger partial charge in [-0.3, -0.25) is 9.59 Å². The molecule has 0 aliphatic carbocycles. The number of aliphatic carboxylic acids is 1. The number of carbonyl (C=O) groups excluding carboxylic acids is 2. The molecule has 1 atom stereocenters. The highest BCUT2D eigenvalue weighted by Crippen LogP contribution is 2.10. The third-order valence-corrected chi connectivity index (χ3v) is 2.99. The summed E-state index contributed by atoms with van der Waals surface area (Å²) in [6.07, 6.45) is 0.0935. The Kier molecular flexibility index (Phi) is 6.18. The lowest BCUT2D eigenvalue weighted by Gasteiger charge is -2.13. The molecule has 0 saturated carbocycles. The molecular weight excluding hydrogens is 282 g/mol. The Morgan fingerprint density at radius 2 is 1.85 bits per heavy atom. The van der Waals surface area contributed by atoms with Gasteiger partial charge < -0.3 is 10.4 Å². The standard InChI is InChI=1S/C14H16ClNO4/c1-2-11(17)8-12(14(19)20)16-13(18)7-9-3-5-10(15)6-4-9/h3-6,12H,2,7-8H2,1H3,(H,16,18)(H,19,20). The fourth-order valence-electron chi connectivity index (χ4n) is 1.61. The number of nitrogens with one attached hydrogen (secondary N) is 1. The van der Waals surface area contributed by atoms with E-state index in [9.17, 15) is 14.4 Å². The van der Waals surface area contributed by atoms with Crippen LogP contribution < -0.4 is 5.32 Å². The van der Waals surface area contributed by atoms with Crippen molar-refractivity contribution in [3.8, 4) is 0 Å². The summed E-state index contributed by atoms with van der Waals surface area (Å²) >= 11 is 5.73. The summed E-state index contributed by atoms with van der Waals surface area (Å²) in [7, 11) is 0. The SMILES string of the molecule is CCC(=O)CC(NC(=O)Cc1ccc(Cl)cc1)C(=O)O. The molecule has 2 N–H and O–H groups in total. The number of Topliss-reactive ketones (excluding diaryl/α,β-unsaturated/α-hetero) is 1. The minimum Gasteiger partial charge on any atom is -0.480 e. The summed E-state index contributed by atoms with van der Waals surface area (Å²) in [5.41, 5.74) is 0.720. The van der Waals surface area contributed by atoms with Crippen molar-refractivity contribution in [2.45, 2.75) is 32.2 Å². The third kappa shape index (κ3) is 5.40. The number of carboxylic acids is 1. The Labute approximate surface area is 121 Å². The number of carbonyl (C=O) groups is 3. The van der Waals surface area contributed by atoms with Crippen LogP contribution >= 0.6 is 11.6 Å². The Morgan fingerprint density at radius 1 is 1.25 bits per heavy atom. The zero-order valence-corrected chi connectivity index (χ0v) is 11.8. The average Bonchev–Trinajstić information content (AvgIpc) is 2.40. The zero-order valence-electron chi connectivity index (χ0n) is 11.1. The van der Waals surface area contributed by atoms with Gasteiger partial charge in [0.15, 0.2) is 0 Å². The molecule has 0 bridgehead atoms. The first-order valence-electron chi connectivity index (χ1n) is 6.20. The van der Waals surface area contributed by atoms with Gasteiger partial charge in [-0.25, -0.2) is 4.79 Å². The second kappa shape index (κ2) is 7.65. The first kappa shape index (κ1) is 16.2. The van der Waals surface area contributed by atoms with E-state index in [0.717, 1.165) is 5.56 Å². The van der Waals surface area contributed by atoms with Crippen LogP contribution in [0.2, 0.25) is 5.02 Å². The lowest BCUT2D eigenvalue weighted by Crippen LogP contribution is -2.42. The van der Waals surface area contributed by atoms with Gasteiger partial charge in [0.05, 0.1) is 6.42 Å². The van der Waals surface area contributed by atoms with Crippen molar-refractivity contribution in [3.63, 3.8) is 0 Å². The van der Waals surface area contributed by atoms with E-state index in [2.05, 4.69) is 5.32 Å². The molecular formula is C14H16ClNO4. The van der Waals surface area contributed by atoms with Gasteiger partial charge in [0, 0.05) is 17.9 Å². The molecule has 1 aromatic carbocycles. The highest BCUT2D eigenvalue weighted by molar-refractivity contribution is 6.30. The lowest BCUT2D eigenvalue weighted by molar-refractivity contribution is -0.143. The van der Waals surface area contributed by atoms with E-state index in [0.29, 0.717) is 5.02 Å². The highest BCUT2D eigenvalue weighted by atomic mass is 35.5. The summed E-state index contributed by atoms with van der Waals surface area (Å²) in [5, 5.41) is 11.9. The van der Waals surface area contributed by atoms with E-state index in [1.807, 2.05) is 0 Å². The molecule has 0 aromatic heterocycles. The predicted molar refractivity (Wildman–Crippen MR) is 74.6 cm³/mol. The molecule has 1 aromatic rings. The van der Waals surface area contributed by atoms with E-state index >= 15 is 0 Å². The van der Waals surface area contributed by atoms with Crippen molar-refractivity contribution in [3.05, 3.63) is 34.9 Å². The Bertz CT molecular complexity index is 498. The van der Waals surface area contributed by atoms with Gasteiger partial charge in [-0.2, -0.15) is 0 Å². The quantitative estimate of drug-likeness (QED) is 0.804.